The Balaban J connectivity index is 2.51. The predicted octanol–water partition coefficient (Wildman–Crippen LogP) is 3.17. The van der Waals surface area contributed by atoms with Crippen molar-refractivity contribution in [2.24, 2.45) is 0 Å². The molecule has 1 N–H and O–H groups in total. The minimum atomic E-state index is 0.170. The van der Waals surface area contributed by atoms with E-state index in [1.807, 2.05) is 27.0 Å². The second-order valence-electron chi connectivity index (χ2n) is 4.91. The lowest BCUT2D eigenvalue weighted by Crippen LogP contribution is -2.32. The minimum Gasteiger partial charge on any atom is -0.376 e. The summed E-state index contributed by atoms with van der Waals surface area (Å²) in [4.78, 5) is 0. The third-order valence-corrected chi connectivity index (χ3v) is 3.11. The van der Waals surface area contributed by atoms with Gasteiger partial charge in [0, 0.05) is 0 Å². The van der Waals surface area contributed by atoms with E-state index in [-0.39, 0.29) is 18.2 Å². The number of rotatable bonds is 9. The summed E-state index contributed by atoms with van der Waals surface area (Å²) in [6.07, 6.45) is 1.41. The number of likely N-dealkylation sites (N-methyl/N-ethyl adjacent to an activating group) is 1. The van der Waals surface area contributed by atoms with E-state index < -0.39 is 0 Å². The van der Waals surface area contributed by atoms with Gasteiger partial charge in [-0.05, 0) is 32.9 Å². The van der Waals surface area contributed by atoms with Crippen LogP contribution in [0.3, 0.4) is 0 Å². The first-order valence-electron chi connectivity index (χ1n) is 7.14. The van der Waals surface area contributed by atoms with E-state index in [0.29, 0.717) is 13.2 Å². The smallest absolute Gasteiger partial charge is 0.0768 e. The van der Waals surface area contributed by atoms with Gasteiger partial charge in [0.05, 0.1) is 31.5 Å². The molecule has 0 amide bonds. The van der Waals surface area contributed by atoms with Gasteiger partial charge in [0.1, 0.15) is 0 Å². The molecule has 0 spiro atoms. The molecule has 1 rings (SSSR count). The molecule has 0 aliphatic heterocycles. The first-order valence-corrected chi connectivity index (χ1v) is 7.14. The summed E-state index contributed by atoms with van der Waals surface area (Å²) in [5.41, 5.74) is 1.27. The molecule has 0 bridgehead atoms. The maximum absolute atomic E-state index is 5.96. The molecule has 0 saturated heterocycles. The molecule has 2 atom stereocenters. The van der Waals surface area contributed by atoms with Gasteiger partial charge < -0.3 is 14.8 Å². The quantitative estimate of drug-likeness (QED) is 0.696. The van der Waals surface area contributed by atoms with Crippen LogP contribution in [0.2, 0.25) is 0 Å². The molecule has 108 valence electrons. The summed E-state index contributed by atoms with van der Waals surface area (Å²) >= 11 is 0. The molecular weight excluding hydrogens is 238 g/mol. The van der Waals surface area contributed by atoms with Crippen molar-refractivity contribution >= 4 is 0 Å². The number of nitrogens with one attached hydrogen (secondary N) is 1. The summed E-state index contributed by atoms with van der Waals surface area (Å²) in [7, 11) is 1.98. The van der Waals surface area contributed by atoms with Gasteiger partial charge in [0.2, 0.25) is 0 Å². The van der Waals surface area contributed by atoms with Gasteiger partial charge in [-0.15, -0.1) is 0 Å². The second-order valence-corrected chi connectivity index (χ2v) is 4.91. The molecule has 0 aliphatic carbocycles. The lowest BCUT2D eigenvalue weighted by atomic mass is 10.00. The summed E-state index contributed by atoms with van der Waals surface area (Å²) in [6, 6.07) is 10.7. The van der Waals surface area contributed by atoms with Crippen molar-refractivity contribution in [2.75, 3.05) is 20.3 Å². The Morgan fingerprint density at radius 3 is 2.21 bits per heavy atom. The third-order valence-electron chi connectivity index (χ3n) is 3.11. The monoisotopic (exact) mass is 265 g/mol. The molecule has 0 saturated carbocycles. The highest BCUT2D eigenvalue weighted by molar-refractivity contribution is 5.20. The van der Waals surface area contributed by atoms with Crippen molar-refractivity contribution in [3.63, 3.8) is 0 Å². The van der Waals surface area contributed by atoms with E-state index in [9.17, 15) is 0 Å². The molecular formula is C16H27NO2. The van der Waals surface area contributed by atoms with Gasteiger partial charge in [-0.2, -0.15) is 0 Å². The second kappa shape index (κ2) is 9.08. The fourth-order valence-electron chi connectivity index (χ4n) is 2.16. The van der Waals surface area contributed by atoms with Crippen LogP contribution in [0.25, 0.3) is 0 Å². The summed E-state index contributed by atoms with van der Waals surface area (Å²) in [5.74, 6) is 0. The highest BCUT2D eigenvalue weighted by atomic mass is 16.5. The summed E-state index contributed by atoms with van der Waals surface area (Å²) in [6.45, 7) is 7.53. The minimum absolute atomic E-state index is 0.170. The molecule has 0 aromatic heterocycles. The van der Waals surface area contributed by atoms with Crippen molar-refractivity contribution in [2.45, 2.75) is 45.4 Å². The highest BCUT2D eigenvalue weighted by Gasteiger charge is 2.20. The molecule has 0 radical (unpaired) electrons. The molecule has 2 unspecified atom stereocenters. The zero-order valence-electron chi connectivity index (χ0n) is 12.6. The van der Waals surface area contributed by atoms with Gasteiger partial charge in [0.15, 0.2) is 0 Å². The normalized spacial score (nSPS) is 14.6. The first kappa shape index (κ1) is 16.2. The fourth-order valence-corrected chi connectivity index (χ4v) is 2.16. The average Bonchev–Trinajstić information content (AvgIpc) is 2.43. The molecule has 1 aromatic carbocycles. The molecule has 0 fully saturated rings. The summed E-state index contributed by atoms with van der Waals surface area (Å²) in [5, 5.41) is 3.35. The van der Waals surface area contributed by atoms with E-state index in [1.54, 1.807) is 0 Å². The Kier molecular flexibility index (Phi) is 7.72. The Morgan fingerprint density at radius 2 is 1.68 bits per heavy atom. The van der Waals surface area contributed by atoms with Gasteiger partial charge in [-0.1, -0.05) is 37.3 Å². The molecule has 0 aliphatic rings. The van der Waals surface area contributed by atoms with E-state index in [0.717, 1.165) is 6.42 Å². The number of hydrogen-bond donors (Lipinski definition) is 1. The number of ether oxygens (including phenoxy) is 2. The van der Waals surface area contributed by atoms with Crippen LogP contribution in [0.4, 0.5) is 0 Å². The lowest BCUT2D eigenvalue weighted by Gasteiger charge is -2.26. The van der Waals surface area contributed by atoms with Gasteiger partial charge >= 0.3 is 0 Å². The van der Waals surface area contributed by atoms with E-state index in [2.05, 4.69) is 36.5 Å². The van der Waals surface area contributed by atoms with Crippen molar-refractivity contribution < 1.29 is 9.47 Å². The van der Waals surface area contributed by atoms with Crippen LogP contribution in [0.15, 0.2) is 30.3 Å². The zero-order valence-corrected chi connectivity index (χ0v) is 12.6. The number of hydrogen-bond acceptors (Lipinski definition) is 3. The van der Waals surface area contributed by atoms with Crippen LogP contribution in [0, 0.1) is 0 Å². The van der Waals surface area contributed by atoms with Gasteiger partial charge in [-0.25, -0.2) is 0 Å². The molecule has 19 heavy (non-hydrogen) atoms. The van der Waals surface area contributed by atoms with E-state index >= 15 is 0 Å². The zero-order chi connectivity index (χ0) is 14.1. The molecule has 0 heterocycles. The van der Waals surface area contributed by atoms with Crippen molar-refractivity contribution in [3.8, 4) is 0 Å². The van der Waals surface area contributed by atoms with Gasteiger partial charge in [0.25, 0.3) is 0 Å². The number of benzene rings is 1. The predicted molar refractivity (Wildman–Crippen MR) is 79.4 cm³/mol. The van der Waals surface area contributed by atoms with E-state index in [1.165, 1.54) is 5.56 Å². The highest BCUT2D eigenvalue weighted by Crippen LogP contribution is 2.21. The largest absolute Gasteiger partial charge is 0.376 e. The Bertz CT molecular complexity index is 327. The first-order chi connectivity index (χ1) is 9.19. The van der Waals surface area contributed by atoms with Crippen LogP contribution in [-0.4, -0.2) is 32.5 Å². The van der Waals surface area contributed by atoms with Crippen molar-refractivity contribution in [1.29, 1.82) is 0 Å². The molecule has 3 nitrogen and oxygen atoms in total. The molecule has 3 heteroatoms. The Morgan fingerprint density at radius 1 is 1.05 bits per heavy atom. The topological polar surface area (TPSA) is 30.5 Å². The van der Waals surface area contributed by atoms with Crippen LogP contribution < -0.4 is 5.32 Å². The van der Waals surface area contributed by atoms with Crippen LogP contribution in [0.1, 0.15) is 38.8 Å². The SMILES string of the molecule is CCC(OCCOC(C)C)C(NC)c1ccccc1. The Hall–Kier alpha value is -0.900. The van der Waals surface area contributed by atoms with Gasteiger partial charge in [-0.3, -0.25) is 0 Å². The van der Waals surface area contributed by atoms with Crippen molar-refractivity contribution in [3.05, 3.63) is 35.9 Å². The van der Waals surface area contributed by atoms with Crippen LogP contribution >= 0.6 is 0 Å². The van der Waals surface area contributed by atoms with Crippen LogP contribution in [-0.2, 0) is 9.47 Å². The fraction of sp³-hybridized carbons (Fsp3) is 0.625. The maximum atomic E-state index is 5.96. The standard InChI is InChI=1S/C16H27NO2/c1-5-15(19-12-11-18-13(2)3)16(17-4)14-9-7-6-8-10-14/h6-10,13,15-17H,5,11-12H2,1-4H3. The average molecular weight is 265 g/mol. The Labute approximate surface area is 117 Å². The van der Waals surface area contributed by atoms with E-state index in [4.69, 9.17) is 9.47 Å². The van der Waals surface area contributed by atoms with Crippen LogP contribution in [0.5, 0.6) is 0 Å². The lowest BCUT2D eigenvalue weighted by molar-refractivity contribution is -0.0261. The third kappa shape index (κ3) is 5.72. The van der Waals surface area contributed by atoms with Crippen molar-refractivity contribution in [1.82, 2.24) is 5.32 Å². The maximum Gasteiger partial charge on any atom is 0.0768 e. The molecule has 1 aromatic rings. The summed E-state index contributed by atoms with van der Waals surface area (Å²) < 4.78 is 11.5.